The number of fused-ring (bicyclic) bond motifs is 1. The second-order valence-corrected chi connectivity index (χ2v) is 7.15. The molecular weight excluding hydrogens is 348 g/mol. The van der Waals surface area contributed by atoms with Crippen molar-refractivity contribution in [2.75, 3.05) is 6.54 Å². The molecule has 28 heavy (non-hydrogen) atoms. The molecule has 4 heteroatoms. The van der Waals surface area contributed by atoms with Gasteiger partial charge in [-0.05, 0) is 53.8 Å². The quantitative estimate of drug-likeness (QED) is 0.271. The number of rotatable bonds is 10. The van der Waals surface area contributed by atoms with Gasteiger partial charge in [0.05, 0.1) is 0 Å². The van der Waals surface area contributed by atoms with Gasteiger partial charge >= 0.3 is 0 Å². The molecule has 0 aromatic heterocycles. The highest BCUT2D eigenvalue weighted by Crippen LogP contribution is 2.23. The summed E-state index contributed by atoms with van der Waals surface area (Å²) in [5, 5.41) is 14.8. The number of unbranched alkanes of at least 4 members (excludes halogenated alkanes) is 2. The van der Waals surface area contributed by atoms with Gasteiger partial charge in [0.2, 0.25) is 5.91 Å². The fourth-order valence-corrected chi connectivity index (χ4v) is 3.50. The molecule has 1 amide bonds. The first-order chi connectivity index (χ1) is 13.8. The lowest BCUT2D eigenvalue weighted by Gasteiger charge is -2.20. The van der Waals surface area contributed by atoms with Gasteiger partial charge in [0, 0.05) is 12.5 Å². The molecule has 0 fully saturated rings. The van der Waals surface area contributed by atoms with Crippen LogP contribution in [0, 0.1) is 0 Å². The zero-order valence-corrected chi connectivity index (χ0v) is 16.1. The van der Waals surface area contributed by atoms with E-state index in [0.29, 0.717) is 6.42 Å². The Morgan fingerprint density at radius 1 is 0.857 bits per heavy atom. The van der Waals surface area contributed by atoms with Gasteiger partial charge in [-0.15, -0.1) is 0 Å². The topological polar surface area (TPSA) is 61.4 Å². The summed E-state index contributed by atoms with van der Waals surface area (Å²) in [4.78, 5) is 11.1. The van der Waals surface area contributed by atoms with Gasteiger partial charge in [-0.1, -0.05) is 73.2 Å². The second kappa shape index (κ2) is 10.6. The Kier molecular flexibility index (Phi) is 7.59. The van der Waals surface area contributed by atoms with Crippen LogP contribution in [0.4, 0.5) is 0 Å². The predicted octanol–water partition coefficient (Wildman–Crippen LogP) is 4.78. The first kappa shape index (κ1) is 20.1. The van der Waals surface area contributed by atoms with Crippen LogP contribution >= 0.6 is 0 Å². The maximum atomic E-state index is 11.1. The van der Waals surface area contributed by atoms with E-state index in [0.717, 1.165) is 32.2 Å². The van der Waals surface area contributed by atoms with Gasteiger partial charge in [0.1, 0.15) is 0 Å². The molecule has 1 atom stereocenters. The number of carbonyl (C=O) groups excluding carboxylic acids is 1. The molecular formula is C24H28N2O2. The van der Waals surface area contributed by atoms with Crippen molar-refractivity contribution in [3.05, 3.63) is 83.9 Å². The number of hydrogen-bond acceptors (Lipinski definition) is 3. The van der Waals surface area contributed by atoms with Crippen LogP contribution in [0.25, 0.3) is 10.8 Å². The minimum Gasteiger partial charge on any atom is -0.310 e. The average molecular weight is 377 g/mol. The van der Waals surface area contributed by atoms with Crippen LogP contribution in [-0.4, -0.2) is 17.7 Å². The van der Waals surface area contributed by atoms with Crippen molar-refractivity contribution in [3.63, 3.8) is 0 Å². The number of benzene rings is 3. The molecule has 146 valence electrons. The SMILES string of the molecule is O=C(CCCCCNC(Cc1ccccc1)c1ccc2ccccc2c1)NO. The highest BCUT2D eigenvalue weighted by Gasteiger charge is 2.12. The van der Waals surface area contributed by atoms with E-state index in [-0.39, 0.29) is 11.9 Å². The molecule has 3 rings (SSSR count). The summed E-state index contributed by atoms with van der Waals surface area (Å²) in [5.74, 6) is -0.314. The molecule has 0 spiro atoms. The van der Waals surface area contributed by atoms with Crippen LogP contribution < -0.4 is 10.8 Å². The second-order valence-electron chi connectivity index (χ2n) is 7.15. The van der Waals surface area contributed by atoms with E-state index in [1.54, 1.807) is 5.48 Å². The molecule has 0 bridgehead atoms. The Morgan fingerprint density at radius 3 is 2.39 bits per heavy atom. The molecule has 4 nitrogen and oxygen atoms in total. The molecule has 0 heterocycles. The van der Waals surface area contributed by atoms with Gasteiger partial charge in [0.25, 0.3) is 0 Å². The number of carbonyl (C=O) groups is 1. The average Bonchev–Trinajstić information content (AvgIpc) is 2.75. The summed E-state index contributed by atoms with van der Waals surface area (Å²) in [6.07, 6.45) is 4.04. The standard InChI is InChI=1S/C24H28N2O2/c27-24(26-28)13-5-2-8-16-25-23(17-19-9-3-1-4-10-19)22-15-14-20-11-6-7-12-21(20)18-22/h1,3-4,6-7,9-12,14-15,18,23,25,28H,2,5,8,13,16-17H2,(H,26,27). The number of nitrogens with one attached hydrogen (secondary N) is 2. The van der Waals surface area contributed by atoms with E-state index >= 15 is 0 Å². The van der Waals surface area contributed by atoms with E-state index in [1.165, 1.54) is 21.9 Å². The summed E-state index contributed by atoms with van der Waals surface area (Å²) in [6.45, 7) is 0.894. The van der Waals surface area contributed by atoms with E-state index in [9.17, 15) is 4.79 Å². The third-order valence-electron chi connectivity index (χ3n) is 5.05. The zero-order chi connectivity index (χ0) is 19.6. The largest absolute Gasteiger partial charge is 0.310 e. The molecule has 1 unspecified atom stereocenters. The number of amides is 1. The summed E-state index contributed by atoms with van der Waals surface area (Å²) in [7, 11) is 0. The van der Waals surface area contributed by atoms with Crippen molar-refractivity contribution in [3.8, 4) is 0 Å². The smallest absolute Gasteiger partial charge is 0.243 e. The Hall–Kier alpha value is -2.69. The van der Waals surface area contributed by atoms with Crippen LogP contribution in [0.3, 0.4) is 0 Å². The lowest BCUT2D eigenvalue weighted by Crippen LogP contribution is -2.24. The molecule has 3 aromatic rings. The van der Waals surface area contributed by atoms with Crippen LogP contribution in [-0.2, 0) is 11.2 Å². The summed E-state index contributed by atoms with van der Waals surface area (Å²) >= 11 is 0. The van der Waals surface area contributed by atoms with Crippen molar-refractivity contribution in [1.29, 1.82) is 0 Å². The minimum atomic E-state index is -0.314. The number of hydrogen-bond donors (Lipinski definition) is 3. The summed E-state index contributed by atoms with van der Waals surface area (Å²) < 4.78 is 0. The van der Waals surface area contributed by atoms with Gasteiger partial charge in [-0.3, -0.25) is 10.0 Å². The highest BCUT2D eigenvalue weighted by molar-refractivity contribution is 5.83. The summed E-state index contributed by atoms with van der Waals surface area (Å²) in [6, 6.07) is 25.9. The Labute approximate surface area is 166 Å². The molecule has 0 aliphatic rings. The lowest BCUT2D eigenvalue weighted by molar-refractivity contribution is -0.129. The fraction of sp³-hybridized carbons (Fsp3) is 0.292. The van der Waals surface area contributed by atoms with Gasteiger partial charge in [-0.25, -0.2) is 5.48 Å². The minimum absolute atomic E-state index is 0.243. The van der Waals surface area contributed by atoms with Crippen molar-refractivity contribution in [1.82, 2.24) is 10.8 Å². The molecule has 0 aliphatic carbocycles. The van der Waals surface area contributed by atoms with E-state index in [4.69, 9.17) is 5.21 Å². The van der Waals surface area contributed by atoms with Crippen LogP contribution in [0.5, 0.6) is 0 Å². The lowest BCUT2D eigenvalue weighted by atomic mass is 9.96. The maximum absolute atomic E-state index is 11.1. The molecule has 0 aliphatic heterocycles. The third kappa shape index (κ3) is 5.91. The van der Waals surface area contributed by atoms with Crippen LogP contribution in [0.2, 0.25) is 0 Å². The molecule has 0 saturated carbocycles. The van der Waals surface area contributed by atoms with Crippen LogP contribution in [0.1, 0.15) is 42.9 Å². The zero-order valence-electron chi connectivity index (χ0n) is 16.1. The monoisotopic (exact) mass is 376 g/mol. The van der Waals surface area contributed by atoms with Crippen molar-refractivity contribution in [2.45, 2.75) is 38.1 Å². The van der Waals surface area contributed by atoms with E-state index < -0.39 is 0 Å². The Balaban J connectivity index is 1.63. The normalized spacial score (nSPS) is 12.0. The predicted molar refractivity (Wildman–Crippen MR) is 113 cm³/mol. The molecule has 0 radical (unpaired) electrons. The first-order valence-corrected chi connectivity index (χ1v) is 9.95. The highest BCUT2D eigenvalue weighted by atomic mass is 16.5. The van der Waals surface area contributed by atoms with E-state index in [2.05, 4.69) is 72.0 Å². The fourth-order valence-electron chi connectivity index (χ4n) is 3.50. The van der Waals surface area contributed by atoms with Crippen molar-refractivity contribution >= 4 is 16.7 Å². The Bertz CT molecular complexity index is 880. The van der Waals surface area contributed by atoms with Crippen LogP contribution in [0.15, 0.2) is 72.8 Å². The van der Waals surface area contributed by atoms with Crippen molar-refractivity contribution < 1.29 is 10.0 Å². The van der Waals surface area contributed by atoms with Gasteiger partial charge < -0.3 is 5.32 Å². The van der Waals surface area contributed by atoms with Gasteiger partial charge in [0.15, 0.2) is 0 Å². The van der Waals surface area contributed by atoms with Gasteiger partial charge in [-0.2, -0.15) is 0 Å². The molecule has 3 aromatic carbocycles. The van der Waals surface area contributed by atoms with E-state index in [1.807, 2.05) is 6.07 Å². The molecule has 3 N–H and O–H groups in total. The maximum Gasteiger partial charge on any atom is 0.243 e. The number of hydroxylamine groups is 1. The first-order valence-electron chi connectivity index (χ1n) is 9.95. The van der Waals surface area contributed by atoms with Crippen molar-refractivity contribution in [2.24, 2.45) is 0 Å². The third-order valence-corrected chi connectivity index (χ3v) is 5.05. The Morgan fingerprint density at radius 2 is 1.61 bits per heavy atom. The molecule has 0 saturated heterocycles. The summed E-state index contributed by atoms with van der Waals surface area (Å²) in [5.41, 5.74) is 4.29.